The molecule has 3 heteroatoms. The van der Waals surface area contributed by atoms with Crippen molar-refractivity contribution in [3.8, 4) is 0 Å². The van der Waals surface area contributed by atoms with Crippen LogP contribution in [0.15, 0.2) is 24.4 Å². The summed E-state index contributed by atoms with van der Waals surface area (Å²) in [6.07, 6.45) is 2.97. The van der Waals surface area contributed by atoms with Gasteiger partial charge in [0.25, 0.3) is 0 Å². The zero-order chi connectivity index (χ0) is 12.8. The number of likely N-dealkylation sites (N-methyl/N-ethyl adjacent to an activating group) is 1. The standard InChI is InChI=1S/C14H25N3/c1-5-11(3)17(6-2)14(12(4)15)13-9-7-8-10-16-13/h7-12,14H,5-6,15H2,1-4H3. The third-order valence-electron chi connectivity index (χ3n) is 3.37. The number of aromatic nitrogens is 1. The van der Waals surface area contributed by atoms with Gasteiger partial charge in [0.15, 0.2) is 0 Å². The summed E-state index contributed by atoms with van der Waals surface area (Å²) in [7, 11) is 0. The van der Waals surface area contributed by atoms with E-state index in [0.717, 1.165) is 18.7 Å². The zero-order valence-corrected chi connectivity index (χ0v) is 11.4. The molecule has 96 valence electrons. The van der Waals surface area contributed by atoms with E-state index in [0.29, 0.717) is 6.04 Å². The van der Waals surface area contributed by atoms with E-state index in [-0.39, 0.29) is 12.1 Å². The molecule has 3 nitrogen and oxygen atoms in total. The molecule has 0 bridgehead atoms. The normalized spacial score (nSPS) is 16.8. The highest BCUT2D eigenvalue weighted by Gasteiger charge is 2.26. The van der Waals surface area contributed by atoms with Crippen LogP contribution in [0.2, 0.25) is 0 Å². The van der Waals surface area contributed by atoms with E-state index in [1.807, 2.05) is 18.3 Å². The van der Waals surface area contributed by atoms with Crippen molar-refractivity contribution in [1.29, 1.82) is 0 Å². The molecular formula is C14H25N3. The summed E-state index contributed by atoms with van der Waals surface area (Å²) in [6, 6.07) is 6.86. The maximum atomic E-state index is 6.16. The fourth-order valence-corrected chi connectivity index (χ4v) is 2.31. The van der Waals surface area contributed by atoms with Gasteiger partial charge in [0.2, 0.25) is 0 Å². The third-order valence-corrected chi connectivity index (χ3v) is 3.37. The molecule has 3 unspecified atom stereocenters. The monoisotopic (exact) mass is 235 g/mol. The summed E-state index contributed by atoms with van der Waals surface area (Å²) in [5.74, 6) is 0. The van der Waals surface area contributed by atoms with E-state index in [1.54, 1.807) is 0 Å². The van der Waals surface area contributed by atoms with E-state index in [1.165, 1.54) is 0 Å². The Labute approximate surface area is 105 Å². The van der Waals surface area contributed by atoms with Crippen molar-refractivity contribution in [1.82, 2.24) is 9.88 Å². The average molecular weight is 235 g/mol. The smallest absolute Gasteiger partial charge is 0.0673 e. The first-order valence-electron chi connectivity index (χ1n) is 6.54. The summed E-state index contributed by atoms with van der Waals surface area (Å²) in [4.78, 5) is 6.90. The van der Waals surface area contributed by atoms with E-state index in [9.17, 15) is 0 Å². The highest BCUT2D eigenvalue weighted by atomic mass is 15.2. The Morgan fingerprint density at radius 3 is 2.41 bits per heavy atom. The Morgan fingerprint density at radius 2 is 2.00 bits per heavy atom. The van der Waals surface area contributed by atoms with Crippen molar-refractivity contribution >= 4 is 0 Å². The van der Waals surface area contributed by atoms with Crippen LogP contribution in [0.1, 0.15) is 45.9 Å². The van der Waals surface area contributed by atoms with Crippen LogP contribution in [0.3, 0.4) is 0 Å². The molecule has 1 aromatic rings. The molecule has 0 saturated heterocycles. The van der Waals surface area contributed by atoms with Gasteiger partial charge in [-0.1, -0.05) is 19.9 Å². The molecular weight excluding hydrogens is 210 g/mol. The second kappa shape index (κ2) is 6.72. The molecule has 1 heterocycles. The molecule has 0 aromatic carbocycles. The van der Waals surface area contributed by atoms with Crippen molar-refractivity contribution in [2.75, 3.05) is 6.54 Å². The maximum absolute atomic E-state index is 6.16. The minimum atomic E-state index is 0.0823. The molecule has 0 fully saturated rings. The van der Waals surface area contributed by atoms with Crippen LogP contribution >= 0.6 is 0 Å². The molecule has 0 aliphatic heterocycles. The lowest BCUT2D eigenvalue weighted by Crippen LogP contribution is -2.44. The van der Waals surface area contributed by atoms with Gasteiger partial charge in [-0.2, -0.15) is 0 Å². The summed E-state index contributed by atoms with van der Waals surface area (Å²) >= 11 is 0. The van der Waals surface area contributed by atoms with Gasteiger partial charge in [0, 0.05) is 18.3 Å². The molecule has 2 N–H and O–H groups in total. The molecule has 1 rings (SSSR count). The first kappa shape index (κ1) is 14.1. The van der Waals surface area contributed by atoms with Gasteiger partial charge < -0.3 is 5.73 Å². The molecule has 0 spiro atoms. The molecule has 1 aromatic heterocycles. The lowest BCUT2D eigenvalue weighted by molar-refractivity contribution is 0.128. The Balaban J connectivity index is 2.99. The SMILES string of the molecule is CCC(C)N(CC)C(c1ccccn1)C(C)N. The number of nitrogens with two attached hydrogens (primary N) is 1. The summed E-state index contributed by atoms with van der Waals surface area (Å²) in [6.45, 7) is 9.71. The van der Waals surface area contributed by atoms with Gasteiger partial charge in [-0.05, 0) is 38.9 Å². The van der Waals surface area contributed by atoms with E-state index >= 15 is 0 Å². The van der Waals surface area contributed by atoms with Crippen molar-refractivity contribution in [3.63, 3.8) is 0 Å². The summed E-state index contributed by atoms with van der Waals surface area (Å²) in [5, 5.41) is 0. The lowest BCUT2D eigenvalue weighted by atomic mass is 10.0. The van der Waals surface area contributed by atoms with E-state index in [2.05, 4.69) is 43.6 Å². The molecule has 0 radical (unpaired) electrons. The van der Waals surface area contributed by atoms with Gasteiger partial charge in [-0.15, -0.1) is 0 Å². The Morgan fingerprint density at radius 1 is 1.29 bits per heavy atom. The lowest BCUT2D eigenvalue weighted by Gasteiger charge is -2.37. The second-order valence-corrected chi connectivity index (χ2v) is 4.65. The van der Waals surface area contributed by atoms with Crippen LogP contribution in [0.4, 0.5) is 0 Å². The first-order valence-corrected chi connectivity index (χ1v) is 6.54. The Hall–Kier alpha value is -0.930. The molecule has 0 aliphatic carbocycles. The summed E-state index contributed by atoms with van der Waals surface area (Å²) < 4.78 is 0. The van der Waals surface area contributed by atoms with Gasteiger partial charge in [-0.3, -0.25) is 9.88 Å². The van der Waals surface area contributed by atoms with Gasteiger partial charge in [0.1, 0.15) is 0 Å². The van der Waals surface area contributed by atoms with Crippen LogP contribution in [0, 0.1) is 0 Å². The Kier molecular flexibility index (Phi) is 5.59. The number of nitrogens with zero attached hydrogens (tertiary/aromatic N) is 2. The molecule has 3 atom stereocenters. The maximum Gasteiger partial charge on any atom is 0.0673 e. The summed E-state index contributed by atoms with van der Waals surface area (Å²) in [5.41, 5.74) is 7.23. The fraction of sp³-hybridized carbons (Fsp3) is 0.643. The van der Waals surface area contributed by atoms with Crippen molar-refractivity contribution in [2.45, 2.75) is 52.2 Å². The number of hydrogen-bond acceptors (Lipinski definition) is 3. The van der Waals surface area contributed by atoms with Gasteiger partial charge in [-0.25, -0.2) is 0 Å². The minimum Gasteiger partial charge on any atom is -0.326 e. The molecule has 0 aliphatic rings. The van der Waals surface area contributed by atoms with Crippen molar-refractivity contribution in [2.24, 2.45) is 5.73 Å². The molecule has 17 heavy (non-hydrogen) atoms. The van der Waals surface area contributed by atoms with Crippen LogP contribution < -0.4 is 5.73 Å². The number of hydrogen-bond donors (Lipinski definition) is 1. The van der Waals surface area contributed by atoms with Crippen LogP contribution in [-0.4, -0.2) is 28.5 Å². The number of pyridine rings is 1. The fourth-order valence-electron chi connectivity index (χ4n) is 2.31. The third kappa shape index (κ3) is 3.51. The average Bonchev–Trinajstić information content (AvgIpc) is 2.35. The minimum absolute atomic E-state index is 0.0823. The van der Waals surface area contributed by atoms with Gasteiger partial charge in [0.05, 0.1) is 11.7 Å². The van der Waals surface area contributed by atoms with Crippen LogP contribution in [0.5, 0.6) is 0 Å². The van der Waals surface area contributed by atoms with Crippen molar-refractivity contribution in [3.05, 3.63) is 30.1 Å². The highest BCUT2D eigenvalue weighted by Crippen LogP contribution is 2.24. The van der Waals surface area contributed by atoms with Crippen LogP contribution in [-0.2, 0) is 0 Å². The molecule has 0 saturated carbocycles. The Bertz CT molecular complexity index is 311. The number of rotatable bonds is 6. The molecule has 0 amide bonds. The highest BCUT2D eigenvalue weighted by molar-refractivity contribution is 5.11. The predicted molar refractivity (Wildman–Crippen MR) is 72.8 cm³/mol. The first-order chi connectivity index (χ1) is 8.11. The quantitative estimate of drug-likeness (QED) is 0.824. The zero-order valence-electron chi connectivity index (χ0n) is 11.4. The largest absolute Gasteiger partial charge is 0.326 e. The van der Waals surface area contributed by atoms with E-state index in [4.69, 9.17) is 5.73 Å². The second-order valence-electron chi connectivity index (χ2n) is 4.65. The topological polar surface area (TPSA) is 42.2 Å². The predicted octanol–water partition coefficient (Wildman–Crippen LogP) is 2.59. The van der Waals surface area contributed by atoms with Crippen LogP contribution in [0.25, 0.3) is 0 Å². The van der Waals surface area contributed by atoms with Crippen molar-refractivity contribution < 1.29 is 0 Å². The van der Waals surface area contributed by atoms with E-state index < -0.39 is 0 Å². The van der Waals surface area contributed by atoms with Gasteiger partial charge >= 0.3 is 0 Å².